The Bertz CT molecular complexity index is 469. The molecule has 116 valence electrons. The zero-order chi connectivity index (χ0) is 15.9. The van der Waals surface area contributed by atoms with Crippen LogP contribution in [0, 0.1) is 0 Å². The monoisotopic (exact) mass is 293 g/mol. The van der Waals surface area contributed by atoms with Gasteiger partial charge in [-0.05, 0) is 39.2 Å². The molecule has 6 heteroatoms. The van der Waals surface area contributed by atoms with Crippen LogP contribution in [0.5, 0.6) is 0 Å². The van der Waals surface area contributed by atoms with Crippen molar-refractivity contribution in [2.45, 2.75) is 45.3 Å². The summed E-state index contributed by atoms with van der Waals surface area (Å²) >= 11 is 0. The van der Waals surface area contributed by atoms with E-state index in [1.54, 1.807) is 20.8 Å². The standard InChI is InChI=1S/C15H23N3O3/c1-15(2,3)21-14(20)17-12(13(19)18-16)10-9-11-7-5-4-6-8-11/h4-8,12H,9-10,16H2,1-3H3,(H,17,20)(H,18,19)/t12-/m1/s1. The minimum absolute atomic E-state index is 0.437. The molecule has 1 aromatic carbocycles. The predicted octanol–water partition coefficient (Wildman–Crippen LogP) is 1.50. The van der Waals surface area contributed by atoms with Gasteiger partial charge in [0.2, 0.25) is 0 Å². The second-order valence-corrected chi connectivity index (χ2v) is 5.73. The van der Waals surface area contributed by atoms with Crippen LogP contribution in [-0.4, -0.2) is 23.6 Å². The summed E-state index contributed by atoms with van der Waals surface area (Å²) in [6.07, 6.45) is 0.449. The van der Waals surface area contributed by atoms with Gasteiger partial charge in [0.05, 0.1) is 0 Å². The van der Waals surface area contributed by atoms with Crippen LogP contribution in [0.25, 0.3) is 0 Å². The molecule has 21 heavy (non-hydrogen) atoms. The van der Waals surface area contributed by atoms with E-state index in [0.717, 1.165) is 5.56 Å². The first-order chi connectivity index (χ1) is 9.81. The molecule has 4 N–H and O–H groups in total. The average molecular weight is 293 g/mol. The van der Waals surface area contributed by atoms with Gasteiger partial charge in [0, 0.05) is 0 Å². The minimum Gasteiger partial charge on any atom is -0.444 e. The first-order valence-electron chi connectivity index (χ1n) is 6.86. The molecule has 0 radical (unpaired) electrons. The van der Waals surface area contributed by atoms with Gasteiger partial charge in [-0.1, -0.05) is 30.3 Å². The zero-order valence-electron chi connectivity index (χ0n) is 12.7. The minimum atomic E-state index is -0.731. The highest BCUT2D eigenvalue weighted by Gasteiger charge is 2.23. The second-order valence-electron chi connectivity index (χ2n) is 5.73. The Morgan fingerprint density at radius 1 is 1.24 bits per heavy atom. The van der Waals surface area contributed by atoms with Gasteiger partial charge >= 0.3 is 6.09 Å². The van der Waals surface area contributed by atoms with Crippen molar-refractivity contribution in [1.29, 1.82) is 0 Å². The number of nitrogens with two attached hydrogens (primary N) is 1. The molecule has 0 unspecified atom stereocenters. The van der Waals surface area contributed by atoms with Gasteiger partial charge in [-0.3, -0.25) is 10.2 Å². The third-order valence-corrected chi connectivity index (χ3v) is 2.71. The number of hydrogen-bond donors (Lipinski definition) is 3. The smallest absolute Gasteiger partial charge is 0.408 e. The van der Waals surface area contributed by atoms with E-state index in [2.05, 4.69) is 10.7 Å². The SMILES string of the molecule is CC(C)(C)OC(=O)N[C@H](CCc1ccccc1)C(=O)NN. The maximum Gasteiger partial charge on any atom is 0.408 e. The summed E-state index contributed by atoms with van der Waals surface area (Å²) in [5.41, 5.74) is 2.52. The zero-order valence-corrected chi connectivity index (χ0v) is 12.7. The summed E-state index contributed by atoms with van der Waals surface area (Å²) in [4.78, 5) is 23.5. The summed E-state index contributed by atoms with van der Waals surface area (Å²) in [5.74, 6) is 4.71. The van der Waals surface area contributed by atoms with Crippen molar-refractivity contribution in [2.75, 3.05) is 0 Å². The van der Waals surface area contributed by atoms with E-state index in [0.29, 0.717) is 12.8 Å². The van der Waals surface area contributed by atoms with E-state index >= 15 is 0 Å². The molecule has 6 nitrogen and oxygen atoms in total. The normalized spacial score (nSPS) is 12.4. The molecule has 0 saturated heterocycles. The second kappa shape index (κ2) is 7.64. The molecule has 1 rings (SSSR count). The summed E-state index contributed by atoms with van der Waals surface area (Å²) in [6, 6.07) is 8.97. The van der Waals surface area contributed by atoms with Crippen LogP contribution in [0.1, 0.15) is 32.8 Å². The largest absolute Gasteiger partial charge is 0.444 e. The topological polar surface area (TPSA) is 93.4 Å². The number of benzene rings is 1. The summed E-state index contributed by atoms with van der Waals surface area (Å²) < 4.78 is 5.14. The van der Waals surface area contributed by atoms with E-state index < -0.39 is 23.6 Å². The fraction of sp³-hybridized carbons (Fsp3) is 0.467. The van der Waals surface area contributed by atoms with Crippen LogP contribution >= 0.6 is 0 Å². The lowest BCUT2D eigenvalue weighted by Gasteiger charge is -2.23. The predicted molar refractivity (Wildman–Crippen MR) is 80.3 cm³/mol. The van der Waals surface area contributed by atoms with Gasteiger partial charge < -0.3 is 10.1 Å². The molecule has 0 aliphatic heterocycles. The lowest BCUT2D eigenvalue weighted by molar-refractivity contribution is -0.123. The molecule has 0 aliphatic carbocycles. The molecule has 0 fully saturated rings. The van der Waals surface area contributed by atoms with E-state index in [1.165, 1.54) is 0 Å². The number of carbonyl (C=O) groups excluding carboxylic acids is 2. The van der Waals surface area contributed by atoms with E-state index in [4.69, 9.17) is 10.6 Å². The Balaban J connectivity index is 2.60. The van der Waals surface area contributed by atoms with Crippen LogP contribution in [-0.2, 0) is 16.0 Å². The van der Waals surface area contributed by atoms with Gasteiger partial charge in [0.15, 0.2) is 0 Å². The number of nitrogens with one attached hydrogen (secondary N) is 2. The first-order valence-corrected chi connectivity index (χ1v) is 6.86. The molecule has 1 atom stereocenters. The van der Waals surface area contributed by atoms with Crippen LogP contribution < -0.4 is 16.6 Å². The van der Waals surface area contributed by atoms with E-state index in [1.807, 2.05) is 30.3 Å². The van der Waals surface area contributed by atoms with Crippen LogP contribution in [0.3, 0.4) is 0 Å². The molecule has 1 aromatic rings. The van der Waals surface area contributed by atoms with Crippen molar-refractivity contribution in [2.24, 2.45) is 5.84 Å². The number of aryl methyl sites for hydroxylation is 1. The number of hydrogen-bond acceptors (Lipinski definition) is 4. The van der Waals surface area contributed by atoms with Crippen molar-refractivity contribution in [1.82, 2.24) is 10.7 Å². The molecular formula is C15H23N3O3. The molecule has 2 amide bonds. The van der Waals surface area contributed by atoms with E-state index in [9.17, 15) is 9.59 Å². The van der Waals surface area contributed by atoms with Gasteiger partial charge in [0.25, 0.3) is 5.91 Å². The number of rotatable bonds is 5. The quantitative estimate of drug-likeness (QED) is 0.436. The number of carbonyl (C=O) groups is 2. The average Bonchev–Trinajstić information content (AvgIpc) is 2.41. The Labute approximate surface area is 125 Å². The van der Waals surface area contributed by atoms with Gasteiger partial charge in [-0.2, -0.15) is 0 Å². The van der Waals surface area contributed by atoms with Crippen LogP contribution in [0.4, 0.5) is 4.79 Å². The molecule has 0 heterocycles. The number of alkyl carbamates (subject to hydrolysis) is 1. The van der Waals surface area contributed by atoms with Gasteiger partial charge in [-0.15, -0.1) is 0 Å². The lowest BCUT2D eigenvalue weighted by atomic mass is 10.0. The van der Waals surface area contributed by atoms with E-state index in [-0.39, 0.29) is 0 Å². The van der Waals surface area contributed by atoms with Crippen molar-refractivity contribution < 1.29 is 14.3 Å². The molecule has 0 bridgehead atoms. The Morgan fingerprint density at radius 2 is 1.86 bits per heavy atom. The molecule has 0 spiro atoms. The first kappa shape index (κ1) is 17.0. The fourth-order valence-electron chi connectivity index (χ4n) is 1.77. The summed E-state index contributed by atoms with van der Waals surface area (Å²) in [5, 5.41) is 2.54. The van der Waals surface area contributed by atoms with Crippen molar-refractivity contribution in [3.8, 4) is 0 Å². The van der Waals surface area contributed by atoms with Crippen molar-refractivity contribution in [3.05, 3.63) is 35.9 Å². The maximum absolute atomic E-state index is 11.7. The molecule has 0 aromatic heterocycles. The molecule has 0 saturated carbocycles. The number of amides is 2. The van der Waals surface area contributed by atoms with Gasteiger partial charge in [-0.25, -0.2) is 10.6 Å². The summed E-state index contributed by atoms with van der Waals surface area (Å²) in [7, 11) is 0. The number of ether oxygens (including phenoxy) is 1. The molecular weight excluding hydrogens is 270 g/mol. The van der Waals surface area contributed by atoms with Crippen LogP contribution in [0.15, 0.2) is 30.3 Å². The maximum atomic E-state index is 11.7. The third kappa shape index (κ3) is 6.76. The highest BCUT2D eigenvalue weighted by molar-refractivity contribution is 5.85. The Hall–Kier alpha value is -2.08. The van der Waals surface area contributed by atoms with Crippen molar-refractivity contribution >= 4 is 12.0 Å². The van der Waals surface area contributed by atoms with Crippen LogP contribution in [0.2, 0.25) is 0 Å². The van der Waals surface area contributed by atoms with Gasteiger partial charge in [0.1, 0.15) is 11.6 Å². The third-order valence-electron chi connectivity index (χ3n) is 2.71. The fourth-order valence-corrected chi connectivity index (χ4v) is 1.77. The number of hydrazine groups is 1. The highest BCUT2D eigenvalue weighted by atomic mass is 16.6. The highest BCUT2D eigenvalue weighted by Crippen LogP contribution is 2.09. The lowest BCUT2D eigenvalue weighted by Crippen LogP contribution is -2.50. The van der Waals surface area contributed by atoms with Crippen molar-refractivity contribution in [3.63, 3.8) is 0 Å². The molecule has 0 aliphatic rings. The Kier molecular flexibility index (Phi) is 6.17. The Morgan fingerprint density at radius 3 is 2.38 bits per heavy atom. The summed E-state index contributed by atoms with van der Waals surface area (Å²) in [6.45, 7) is 5.28.